The molecule has 0 aliphatic heterocycles. The topological polar surface area (TPSA) is 30.5 Å². The van der Waals surface area contributed by atoms with Crippen molar-refractivity contribution in [3.63, 3.8) is 0 Å². The second-order valence-corrected chi connectivity index (χ2v) is 3.63. The number of nitrogens with one attached hydrogen (secondary N) is 1. The summed E-state index contributed by atoms with van der Waals surface area (Å²) in [6.07, 6.45) is 5.22. The van der Waals surface area contributed by atoms with Crippen LogP contribution < -0.4 is 14.8 Å². The molecule has 0 saturated heterocycles. The van der Waals surface area contributed by atoms with Crippen molar-refractivity contribution in [2.75, 3.05) is 7.11 Å². The van der Waals surface area contributed by atoms with Crippen LogP contribution in [-0.2, 0) is 6.54 Å². The molecular formula is C13H15F2NO2. The Kier molecular flexibility index (Phi) is 5.40. The first kappa shape index (κ1) is 14.3. The Morgan fingerprint density at radius 2 is 2.11 bits per heavy atom. The van der Waals surface area contributed by atoms with Crippen molar-refractivity contribution < 1.29 is 18.3 Å². The van der Waals surface area contributed by atoms with E-state index >= 15 is 0 Å². The maximum absolute atomic E-state index is 12.2. The van der Waals surface area contributed by atoms with E-state index in [0.29, 0.717) is 6.54 Å². The van der Waals surface area contributed by atoms with Gasteiger partial charge in [0.15, 0.2) is 11.5 Å². The van der Waals surface area contributed by atoms with Crippen molar-refractivity contribution in [3.05, 3.63) is 23.8 Å². The van der Waals surface area contributed by atoms with Gasteiger partial charge in [-0.2, -0.15) is 8.78 Å². The lowest BCUT2D eigenvalue weighted by Gasteiger charge is -2.12. The van der Waals surface area contributed by atoms with Gasteiger partial charge in [0.2, 0.25) is 0 Å². The van der Waals surface area contributed by atoms with Gasteiger partial charge in [0, 0.05) is 6.54 Å². The number of benzene rings is 1. The third-order valence-corrected chi connectivity index (χ3v) is 2.31. The molecule has 0 heterocycles. The molecule has 0 bridgehead atoms. The van der Waals surface area contributed by atoms with E-state index < -0.39 is 6.61 Å². The van der Waals surface area contributed by atoms with Crippen molar-refractivity contribution in [2.45, 2.75) is 26.1 Å². The molecule has 1 unspecified atom stereocenters. The normalized spacial score (nSPS) is 12.0. The lowest BCUT2D eigenvalue weighted by molar-refractivity contribution is -0.0512. The largest absolute Gasteiger partial charge is 0.493 e. The van der Waals surface area contributed by atoms with Crippen LogP contribution in [0.5, 0.6) is 11.5 Å². The van der Waals surface area contributed by atoms with E-state index in [-0.39, 0.29) is 17.5 Å². The number of methoxy groups -OCH3 is 1. The second-order valence-electron chi connectivity index (χ2n) is 3.63. The number of hydrogen-bond donors (Lipinski definition) is 1. The fourth-order valence-corrected chi connectivity index (χ4v) is 1.35. The van der Waals surface area contributed by atoms with Crippen LogP contribution in [0.4, 0.5) is 8.78 Å². The van der Waals surface area contributed by atoms with E-state index in [9.17, 15) is 8.78 Å². The Morgan fingerprint density at radius 1 is 1.39 bits per heavy atom. The Hall–Kier alpha value is -1.80. The van der Waals surface area contributed by atoms with Gasteiger partial charge in [0.25, 0.3) is 0 Å². The molecule has 18 heavy (non-hydrogen) atoms. The zero-order valence-electron chi connectivity index (χ0n) is 10.2. The number of terminal acetylenes is 1. The van der Waals surface area contributed by atoms with Gasteiger partial charge in [0.1, 0.15) is 0 Å². The van der Waals surface area contributed by atoms with E-state index in [1.807, 2.05) is 6.92 Å². The zero-order valence-corrected chi connectivity index (χ0v) is 10.2. The predicted octanol–water partition coefficient (Wildman–Crippen LogP) is 2.41. The van der Waals surface area contributed by atoms with Gasteiger partial charge in [0.05, 0.1) is 13.2 Å². The Bertz CT molecular complexity index is 429. The van der Waals surface area contributed by atoms with Crippen LogP contribution in [0.25, 0.3) is 0 Å². The molecule has 0 aliphatic carbocycles. The van der Waals surface area contributed by atoms with Crippen LogP contribution >= 0.6 is 0 Å². The van der Waals surface area contributed by atoms with Gasteiger partial charge >= 0.3 is 6.61 Å². The maximum atomic E-state index is 12.2. The molecule has 5 heteroatoms. The summed E-state index contributed by atoms with van der Waals surface area (Å²) in [5.41, 5.74) is 0.786. The average molecular weight is 255 g/mol. The van der Waals surface area contributed by atoms with Gasteiger partial charge in [-0.1, -0.05) is 12.0 Å². The summed E-state index contributed by atoms with van der Waals surface area (Å²) in [4.78, 5) is 0. The van der Waals surface area contributed by atoms with Crippen molar-refractivity contribution in [1.29, 1.82) is 0 Å². The fourth-order valence-electron chi connectivity index (χ4n) is 1.35. The van der Waals surface area contributed by atoms with Gasteiger partial charge in [-0.05, 0) is 24.6 Å². The SMILES string of the molecule is C#CC(C)NCc1ccc(OC)c(OC(F)F)c1. The smallest absolute Gasteiger partial charge is 0.387 e. The van der Waals surface area contributed by atoms with Crippen LogP contribution in [0.15, 0.2) is 18.2 Å². The van der Waals surface area contributed by atoms with Crippen LogP contribution in [0.1, 0.15) is 12.5 Å². The highest BCUT2D eigenvalue weighted by Gasteiger charge is 2.11. The van der Waals surface area contributed by atoms with Crippen molar-refractivity contribution >= 4 is 0 Å². The summed E-state index contributed by atoms with van der Waals surface area (Å²) in [5.74, 6) is 2.80. The summed E-state index contributed by atoms with van der Waals surface area (Å²) in [7, 11) is 1.39. The van der Waals surface area contributed by atoms with E-state index in [0.717, 1.165) is 5.56 Å². The molecule has 1 aromatic carbocycles. The summed E-state index contributed by atoms with van der Waals surface area (Å²) >= 11 is 0. The molecule has 0 radical (unpaired) electrons. The summed E-state index contributed by atoms with van der Waals surface area (Å²) in [5, 5.41) is 3.05. The molecule has 0 aromatic heterocycles. The Morgan fingerprint density at radius 3 is 2.67 bits per heavy atom. The molecular weight excluding hydrogens is 240 g/mol. The highest BCUT2D eigenvalue weighted by molar-refractivity contribution is 5.43. The van der Waals surface area contributed by atoms with Crippen molar-refractivity contribution in [1.82, 2.24) is 5.32 Å². The minimum Gasteiger partial charge on any atom is -0.493 e. The van der Waals surface area contributed by atoms with Gasteiger partial charge in [-0.15, -0.1) is 6.42 Å². The fraction of sp³-hybridized carbons (Fsp3) is 0.385. The molecule has 0 spiro atoms. The molecule has 1 N–H and O–H groups in total. The monoisotopic (exact) mass is 255 g/mol. The zero-order chi connectivity index (χ0) is 13.5. The van der Waals surface area contributed by atoms with E-state index in [2.05, 4.69) is 16.0 Å². The molecule has 98 valence electrons. The van der Waals surface area contributed by atoms with Crippen molar-refractivity contribution in [3.8, 4) is 23.8 Å². The third kappa shape index (κ3) is 4.22. The molecule has 3 nitrogen and oxygen atoms in total. The Balaban J connectivity index is 2.79. The van der Waals surface area contributed by atoms with E-state index in [1.165, 1.54) is 13.2 Å². The second kappa shape index (κ2) is 6.82. The first-order chi connectivity index (χ1) is 8.56. The quantitative estimate of drug-likeness (QED) is 0.792. The minimum absolute atomic E-state index is 0.0140. The van der Waals surface area contributed by atoms with E-state index in [4.69, 9.17) is 11.2 Å². The number of ether oxygens (including phenoxy) is 2. The van der Waals surface area contributed by atoms with Gasteiger partial charge < -0.3 is 9.47 Å². The lowest BCUT2D eigenvalue weighted by atomic mass is 10.2. The number of alkyl halides is 2. The highest BCUT2D eigenvalue weighted by atomic mass is 19.3. The van der Waals surface area contributed by atoms with Crippen LogP contribution in [0, 0.1) is 12.3 Å². The van der Waals surface area contributed by atoms with Gasteiger partial charge in [-0.3, -0.25) is 5.32 Å². The number of hydrogen-bond acceptors (Lipinski definition) is 3. The van der Waals surface area contributed by atoms with Crippen molar-refractivity contribution in [2.24, 2.45) is 0 Å². The average Bonchev–Trinajstić information content (AvgIpc) is 2.35. The summed E-state index contributed by atoms with van der Waals surface area (Å²) < 4.78 is 33.8. The molecule has 0 aliphatic rings. The molecule has 1 atom stereocenters. The number of rotatable bonds is 6. The highest BCUT2D eigenvalue weighted by Crippen LogP contribution is 2.29. The predicted molar refractivity (Wildman–Crippen MR) is 64.8 cm³/mol. The first-order valence-corrected chi connectivity index (χ1v) is 5.38. The summed E-state index contributed by atoms with van der Waals surface area (Å²) in [6, 6.07) is 4.75. The van der Waals surface area contributed by atoms with Crippen LogP contribution in [0.3, 0.4) is 0 Å². The lowest BCUT2D eigenvalue weighted by Crippen LogP contribution is -2.23. The minimum atomic E-state index is -2.88. The molecule has 0 fully saturated rings. The van der Waals surface area contributed by atoms with E-state index in [1.54, 1.807) is 12.1 Å². The first-order valence-electron chi connectivity index (χ1n) is 5.38. The summed E-state index contributed by atoms with van der Waals surface area (Å²) in [6.45, 7) is -0.582. The molecule has 1 rings (SSSR count). The Labute approximate surface area is 105 Å². The van der Waals surface area contributed by atoms with Gasteiger partial charge in [-0.25, -0.2) is 0 Å². The molecule has 0 saturated carbocycles. The van der Waals surface area contributed by atoms with Crippen LogP contribution in [-0.4, -0.2) is 19.8 Å². The third-order valence-electron chi connectivity index (χ3n) is 2.31. The standard InChI is InChI=1S/C13H15F2NO2/c1-4-9(2)16-8-10-5-6-11(17-3)12(7-10)18-13(14)15/h1,5-7,9,13,16H,8H2,2-3H3. The molecule has 0 amide bonds. The maximum Gasteiger partial charge on any atom is 0.387 e. The number of halogens is 2. The van der Waals surface area contributed by atoms with Crippen LogP contribution in [0.2, 0.25) is 0 Å². The molecule has 1 aromatic rings.